The first-order valence-corrected chi connectivity index (χ1v) is 7.31. The molecule has 1 saturated heterocycles. The highest BCUT2D eigenvalue weighted by Gasteiger charge is 2.12. The number of aryl methyl sites for hydroxylation is 1. The van der Waals surface area contributed by atoms with Gasteiger partial charge in [-0.25, -0.2) is 0 Å². The smallest absolute Gasteiger partial charge is 0.252 e. The third-order valence-corrected chi connectivity index (χ3v) is 3.86. The van der Waals surface area contributed by atoms with Crippen molar-refractivity contribution < 1.29 is 4.79 Å². The summed E-state index contributed by atoms with van der Waals surface area (Å²) >= 11 is 6.05. The molecule has 0 saturated carbocycles. The molecule has 0 unspecified atom stereocenters. The van der Waals surface area contributed by atoms with Crippen molar-refractivity contribution in [2.75, 3.05) is 26.2 Å². The molecule has 1 fully saturated rings. The molecule has 2 rings (SSSR count). The second-order valence-electron chi connectivity index (χ2n) is 5.14. The minimum absolute atomic E-state index is 0.0780. The molecule has 1 heterocycles. The number of nitrogens with one attached hydrogen (secondary N) is 1. The largest absolute Gasteiger partial charge is 0.351 e. The third-order valence-electron chi connectivity index (χ3n) is 3.53. The Morgan fingerprint density at radius 1 is 1.32 bits per heavy atom. The van der Waals surface area contributed by atoms with Gasteiger partial charge >= 0.3 is 0 Å². The highest BCUT2D eigenvalue weighted by Crippen LogP contribution is 2.17. The number of amides is 1. The predicted molar refractivity (Wildman–Crippen MR) is 78.8 cm³/mol. The molecule has 0 aliphatic carbocycles. The molecular weight excluding hydrogens is 260 g/mol. The zero-order chi connectivity index (χ0) is 13.7. The summed E-state index contributed by atoms with van der Waals surface area (Å²) in [7, 11) is 0. The summed E-state index contributed by atoms with van der Waals surface area (Å²) in [6, 6.07) is 5.52. The Morgan fingerprint density at radius 2 is 2.05 bits per heavy atom. The lowest BCUT2D eigenvalue weighted by atomic mass is 10.1. The number of carbonyl (C=O) groups excluding carboxylic acids is 1. The number of nitrogens with zero attached hydrogens (tertiary/aromatic N) is 1. The van der Waals surface area contributed by atoms with Crippen LogP contribution in [-0.2, 0) is 0 Å². The summed E-state index contributed by atoms with van der Waals surface area (Å²) < 4.78 is 0. The van der Waals surface area contributed by atoms with Crippen LogP contribution in [0.2, 0.25) is 5.02 Å². The summed E-state index contributed by atoms with van der Waals surface area (Å²) in [5.74, 6) is -0.0780. The summed E-state index contributed by atoms with van der Waals surface area (Å²) in [6.07, 6.45) is 3.89. The molecule has 1 aliphatic rings. The molecular formula is C15H21ClN2O. The molecule has 19 heavy (non-hydrogen) atoms. The van der Waals surface area contributed by atoms with E-state index in [1.54, 1.807) is 6.07 Å². The monoisotopic (exact) mass is 280 g/mol. The van der Waals surface area contributed by atoms with Crippen molar-refractivity contribution in [3.8, 4) is 0 Å². The molecule has 1 aromatic rings. The minimum Gasteiger partial charge on any atom is -0.351 e. The van der Waals surface area contributed by atoms with E-state index < -0.39 is 0 Å². The van der Waals surface area contributed by atoms with Crippen LogP contribution in [0.25, 0.3) is 0 Å². The highest BCUT2D eigenvalue weighted by atomic mass is 35.5. The van der Waals surface area contributed by atoms with E-state index in [9.17, 15) is 4.79 Å². The number of benzene rings is 1. The van der Waals surface area contributed by atoms with Gasteiger partial charge in [0, 0.05) is 13.1 Å². The first-order valence-electron chi connectivity index (χ1n) is 6.93. The van der Waals surface area contributed by atoms with E-state index in [4.69, 9.17) is 11.6 Å². The number of hydrogen-bond donors (Lipinski definition) is 1. The lowest BCUT2D eigenvalue weighted by Gasteiger charge is -2.26. The van der Waals surface area contributed by atoms with Gasteiger partial charge in [0.05, 0.1) is 10.6 Å². The van der Waals surface area contributed by atoms with Gasteiger partial charge in [-0.15, -0.1) is 0 Å². The molecule has 0 atom stereocenters. The minimum atomic E-state index is -0.0780. The van der Waals surface area contributed by atoms with E-state index in [0.29, 0.717) is 17.1 Å². The summed E-state index contributed by atoms with van der Waals surface area (Å²) in [5.41, 5.74) is 1.62. The first-order chi connectivity index (χ1) is 9.16. The maximum Gasteiger partial charge on any atom is 0.252 e. The van der Waals surface area contributed by atoms with Crippen LogP contribution < -0.4 is 5.32 Å². The first kappa shape index (κ1) is 14.4. The van der Waals surface area contributed by atoms with Gasteiger partial charge in [0.15, 0.2) is 0 Å². The van der Waals surface area contributed by atoms with Gasteiger partial charge in [-0.3, -0.25) is 4.79 Å². The van der Waals surface area contributed by atoms with Crippen LogP contribution in [0.5, 0.6) is 0 Å². The number of carbonyl (C=O) groups is 1. The highest BCUT2D eigenvalue weighted by molar-refractivity contribution is 6.33. The standard InChI is InChI=1S/C15H21ClN2O/c1-12-5-6-14(16)13(11-12)15(19)17-7-10-18-8-3-2-4-9-18/h5-6,11H,2-4,7-10H2,1H3,(H,17,19). The molecule has 3 nitrogen and oxygen atoms in total. The van der Waals surface area contributed by atoms with Crippen LogP contribution in [0, 0.1) is 6.92 Å². The van der Waals surface area contributed by atoms with E-state index in [1.165, 1.54) is 19.3 Å². The second-order valence-corrected chi connectivity index (χ2v) is 5.55. The molecule has 0 aromatic heterocycles. The topological polar surface area (TPSA) is 32.3 Å². The van der Waals surface area contributed by atoms with Gasteiger partial charge in [-0.05, 0) is 45.0 Å². The molecule has 1 aliphatic heterocycles. The fourth-order valence-electron chi connectivity index (χ4n) is 2.42. The van der Waals surface area contributed by atoms with Crippen molar-refractivity contribution in [1.82, 2.24) is 10.2 Å². The fourth-order valence-corrected chi connectivity index (χ4v) is 2.62. The van der Waals surface area contributed by atoms with Gasteiger partial charge in [-0.2, -0.15) is 0 Å². The van der Waals surface area contributed by atoms with Crippen molar-refractivity contribution in [2.45, 2.75) is 26.2 Å². The fraction of sp³-hybridized carbons (Fsp3) is 0.533. The predicted octanol–water partition coefficient (Wildman–Crippen LogP) is 2.86. The maximum atomic E-state index is 12.0. The molecule has 4 heteroatoms. The Balaban J connectivity index is 1.82. The number of piperidine rings is 1. The molecule has 1 amide bonds. The van der Waals surface area contributed by atoms with Crippen molar-refractivity contribution in [2.24, 2.45) is 0 Å². The van der Waals surface area contributed by atoms with Crippen LogP contribution >= 0.6 is 11.6 Å². The van der Waals surface area contributed by atoms with Gasteiger partial charge in [0.1, 0.15) is 0 Å². The van der Waals surface area contributed by atoms with Crippen molar-refractivity contribution in [3.63, 3.8) is 0 Å². The van der Waals surface area contributed by atoms with E-state index in [2.05, 4.69) is 10.2 Å². The van der Waals surface area contributed by atoms with Crippen LogP contribution in [0.3, 0.4) is 0 Å². The van der Waals surface area contributed by atoms with Gasteiger partial charge in [0.2, 0.25) is 0 Å². The molecule has 1 N–H and O–H groups in total. The Hall–Kier alpha value is -1.06. The van der Waals surface area contributed by atoms with Gasteiger partial charge in [0.25, 0.3) is 5.91 Å². The lowest BCUT2D eigenvalue weighted by Crippen LogP contribution is -2.37. The number of likely N-dealkylation sites (tertiary alicyclic amines) is 1. The van der Waals surface area contributed by atoms with Gasteiger partial charge in [-0.1, -0.05) is 29.7 Å². The Bertz CT molecular complexity index is 442. The molecule has 0 bridgehead atoms. The lowest BCUT2D eigenvalue weighted by molar-refractivity contribution is 0.0946. The van der Waals surface area contributed by atoms with E-state index in [0.717, 1.165) is 25.2 Å². The second kappa shape index (κ2) is 6.92. The normalized spacial score (nSPS) is 16.3. The Kier molecular flexibility index (Phi) is 5.23. The Morgan fingerprint density at radius 3 is 2.79 bits per heavy atom. The number of halogens is 1. The summed E-state index contributed by atoms with van der Waals surface area (Å²) in [4.78, 5) is 14.4. The van der Waals surface area contributed by atoms with Crippen molar-refractivity contribution in [3.05, 3.63) is 34.3 Å². The molecule has 0 spiro atoms. The Labute approximate surface area is 119 Å². The van der Waals surface area contributed by atoms with Gasteiger partial charge < -0.3 is 10.2 Å². The molecule has 1 aromatic carbocycles. The van der Waals surface area contributed by atoms with Crippen LogP contribution in [0.15, 0.2) is 18.2 Å². The summed E-state index contributed by atoms with van der Waals surface area (Å²) in [5, 5.41) is 3.46. The number of hydrogen-bond acceptors (Lipinski definition) is 2. The SMILES string of the molecule is Cc1ccc(Cl)c(C(=O)NCCN2CCCCC2)c1. The quantitative estimate of drug-likeness (QED) is 0.920. The van der Waals surface area contributed by atoms with Crippen LogP contribution in [0.1, 0.15) is 35.2 Å². The zero-order valence-corrected chi connectivity index (χ0v) is 12.2. The molecule has 0 radical (unpaired) electrons. The van der Waals surface area contributed by atoms with Crippen molar-refractivity contribution in [1.29, 1.82) is 0 Å². The average Bonchev–Trinajstić information content (AvgIpc) is 2.42. The number of rotatable bonds is 4. The maximum absolute atomic E-state index is 12.0. The summed E-state index contributed by atoms with van der Waals surface area (Å²) in [6.45, 7) is 5.88. The van der Waals surface area contributed by atoms with E-state index >= 15 is 0 Å². The average molecular weight is 281 g/mol. The molecule has 104 valence electrons. The van der Waals surface area contributed by atoms with E-state index in [-0.39, 0.29) is 5.91 Å². The van der Waals surface area contributed by atoms with E-state index in [1.807, 2.05) is 19.1 Å². The zero-order valence-electron chi connectivity index (χ0n) is 11.4. The third kappa shape index (κ3) is 4.22. The van der Waals surface area contributed by atoms with Crippen molar-refractivity contribution >= 4 is 17.5 Å². The van der Waals surface area contributed by atoms with Crippen LogP contribution in [0.4, 0.5) is 0 Å². The van der Waals surface area contributed by atoms with Crippen LogP contribution in [-0.4, -0.2) is 37.0 Å².